The first-order valence-corrected chi connectivity index (χ1v) is 13.9. The van der Waals surface area contributed by atoms with E-state index in [1.165, 1.54) is 11.0 Å². The Hall–Kier alpha value is -3.60. The van der Waals surface area contributed by atoms with Crippen LogP contribution in [0.5, 0.6) is 0 Å². The van der Waals surface area contributed by atoms with Crippen LogP contribution in [-0.4, -0.2) is 48.5 Å². The molecule has 2 amide bonds. The molecule has 12 heteroatoms. The lowest BCUT2D eigenvalue weighted by molar-refractivity contribution is -0.137. The van der Waals surface area contributed by atoms with Crippen molar-refractivity contribution < 1.29 is 22.8 Å². The first-order chi connectivity index (χ1) is 19.2. The minimum Gasteiger partial charge on any atom is -0.331 e. The highest BCUT2D eigenvalue weighted by Gasteiger charge is 2.41. The van der Waals surface area contributed by atoms with Crippen LogP contribution in [0.2, 0.25) is 5.02 Å². The Kier molecular flexibility index (Phi) is 7.30. The molecule has 0 saturated carbocycles. The van der Waals surface area contributed by atoms with E-state index in [4.69, 9.17) is 16.7 Å². The molecule has 0 bridgehead atoms. The predicted octanol–water partition coefficient (Wildman–Crippen LogP) is 5.66. The summed E-state index contributed by atoms with van der Waals surface area (Å²) in [6.07, 6.45) is -2.62. The lowest BCUT2D eigenvalue weighted by Crippen LogP contribution is -2.45. The number of amides is 2. The van der Waals surface area contributed by atoms with E-state index in [1.54, 1.807) is 33.3 Å². The van der Waals surface area contributed by atoms with E-state index in [2.05, 4.69) is 0 Å². The lowest BCUT2D eigenvalue weighted by Gasteiger charge is -2.37. The molecule has 3 aromatic rings. The number of aromatic nitrogens is 3. The summed E-state index contributed by atoms with van der Waals surface area (Å²) in [5, 5.41) is 4.24. The fraction of sp³-hybridized carbons (Fsp3) is 0.448. The number of hydrogen-bond acceptors (Lipinski definition) is 4. The van der Waals surface area contributed by atoms with Crippen molar-refractivity contribution in [2.24, 2.45) is 0 Å². The fourth-order valence-corrected chi connectivity index (χ4v) is 5.93. The highest BCUT2D eigenvalue weighted by molar-refractivity contribution is 6.31. The van der Waals surface area contributed by atoms with E-state index in [0.29, 0.717) is 35.5 Å². The van der Waals surface area contributed by atoms with Crippen molar-refractivity contribution in [3.05, 3.63) is 85.5 Å². The molecule has 41 heavy (non-hydrogen) atoms. The molecule has 0 N–H and O–H groups in total. The van der Waals surface area contributed by atoms with Crippen LogP contribution < -0.4 is 5.56 Å². The zero-order valence-corrected chi connectivity index (χ0v) is 24.1. The molecular formula is C29H31ClF3N5O3. The molecule has 2 aliphatic rings. The summed E-state index contributed by atoms with van der Waals surface area (Å²) in [6.45, 7) is 9.86. The minimum atomic E-state index is -4.71. The van der Waals surface area contributed by atoms with Gasteiger partial charge in [0.05, 0.1) is 34.9 Å². The maximum Gasteiger partial charge on any atom is 0.417 e. The number of hydrogen-bond donors (Lipinski definition) is 0. The molecule has 0 saturated heterocycles. The minimum absolute atomic E-state index is 0.00495. The number of fused-ring (bicyclic) bond motifs is 3. The Bertz CT molecular complexity index is 1600. The van der Waals surface area contributed by atoms with Crippen LogP contribution >= 0.6 is 11.6 Å². The third-order valence-corrected chi connectivity index (χ3v) is 8.37. The first-order valence-electron chi connectivity index (χ1n) is 13.5. The van der Waals surface area contributed by atoms with Gasteiger partial charge in [-0.2, -0.15) is 18.3 Å². The monoisotopic (exact) mass is 589 g/mol. The number of carbonyl (C=O) groups is 2. The normalized spacial score (nSPS) is 19.8. The maximum atomic E-state index is 13.9. The Labute approximate surface area is 240 Å². The van der Waals surface area contributed by atoms with Gasteiger partial charge in [-0.3, -0.25) is 19.1 Å². The Morgan fingerprint density at radius 2 is 1.78 bits per heavy atom. The van der Waals surface area contributed by atoms with Gasteiger partial charge in [0, 0.05) is 48.4 Å². The van der Waals surface area contributed by atoms with Crippen LogP contribution in [0.4, 0.5) is 13.2 Å². The molecule has 0 aliphatic carbocycles. The quantitative estimate of drug-likeness (QED) is 0.393. The van der Waals surface area contributed by atoms with Crippen molar-refractivity contribution in [1.29, 1.82) is 0 Å². The van der Waals surface area contributed by atoms with Crippen molar-refractivity contribution in [2.75, 3.05) is 6.54 Å². The zero-order valence-electron chi connectivity index (χ0n) is 23.4. The average Bonchev–Trinajstić information content (AvgIpc) is 3.28. The van der Waals surface area contributed by atoms with Crippen LogP contribution in [0.1, 0.15) is 96.0 Å². The Morgan fingerprint density at radius 3 is 2.41 bits per heavy atom. The number of pyridine rings is 1. The van der Waals surface area contributed by atoms with Crippen molar-refractivity contribution in [2.45, 2.75) is 77.9 Å². The first kappa shape index (κ1) is 28.9. The second-order valence-corrected chi connectivity index (χ2v) is 11.6. The van der Waals surface area contributed by atoms with Crippen molar-refractivity contribution in [1.82, 2.24) is 24.1 Å². The molecule has 5 rings (SSSR count). The molecule has 218 valence electrons. The molecule has 2 aromatic heterocycles. The Morgan fingerprint density at radius 1 is 1.07 bits per heavy atom. The van der Waals surface area contributed by atoms with Crippen LogP contribution in [-0.2, 0) is 19.1 Å². The van der Waals surface area contributed by atoms with E-state index in [-0.39, 0.29) is 41.7 Å². The number of carbonyl (C=O) groups excluding carboxylic acids is 2. The molecule has 3 atom stereocenters. The largest absolute Gasteiger partial charge is 0.417 e. The van der Waals surface area contributed by atoms with Gasteiger partial charge in [-0.1, -0.05) is 11.6 Å². The van der Waals surface area contributed by atoms with Gasteiger partial charge in [-0.15, -0.1) is 0 Å². The van der Waals surface area contributed by atoms with E-state index >= 15 is 0 Å². The van der Waals surface area contributed by atoms with Gasteiger partial charge < -0.3 is 14.4 Å². The van der Waals surface area contributed by atoms with Gasteiger partial charge in [0.2, 0.25) is 0 Å². The summed E-state index contributed by atoms with van der Waals surface area (Å²) in [5.74, 6) is -0.859. The molecule has 0 fully saturated rings. The van der Waals surface area contributed by atoms with Gasteiger partial charge in [0.15, 0.2) is 0 Å². The average molecular weight is 590 g/mol. The molecule has 0 radical (unpaired) electrons. The summed E-state index contributed by atoms with van der Waals surface area (Å²) >= 11 is 5.76. The number of halogens is 4. The van der Waals surface area contributed by atoms with E-state index in [0.717, 1.165) is 12.1 Å². The zero-order chi connectivity index (χ0) is 30.0. The number of nitrogens with zero attached hydrogens (tertiary/aromatic N) is 5. The second-order valence-electron chi connectivity index (χ2n) is 11.2. The SMILES string of the molecule is CC(C)n1ccc([C@@H](C)N2C[C@@H](C)n3nc4c(c3C2=O)CN(C(=O)c2ccc(Cl)c(C(F)(F)F)c2)[C@H](C)C4)cc1=O. The van der Waals surface area contributed by atoms with Gasteiger partial charge in [-0.05, 0) is 64.4 Å². The van der Waals surface area contributed by atoms with Crippen molar-refractivity contribution >= 4 is 23.4 Å². The van der Waals surface area contributed by atoms with Gasteiger partial charge >= 0.3 is 6.18 Å². The van der Waals surface area contributed by atoms with Gasteiger partial charge in [0.25, 0.3) is 17.4 Å². The highest BCUT2D eigenvalue weighted by Crippen LogP contribution is 2.37. The van der Waals surface area contributed by atoms with Gasteiger partial charge in [-0.25, -0.2) is 0 Å². The molecule has 1 aromatic carbocycles. The standard InChI is InChI=1S/C29H31ClF3N5O3/c1-15(2)35-9-8-19(12-25(35)39)18(5)37-13-17(4)38-26(28(37)41)21-14-36(16(3)10-24(21)34-38)27(40)20-6-7-23(30)22(11-20)29(31,32)33/h6-9,11-12,15-18H,10,13-14H2,1-5H3/t16-,17-,18-/m1/s1. The summed E-state index contributed by atoms with van der Waals surface area (Å²) in [4.78, 5) is 43.2. The van der Waals surface area contributed by atoms with Crippen molar-refractivity contribution in [3.63, 3.8) is 0 Å². The molecular weight excluding hydrogens is 559 g/mol. The molecule has 8 nitrogen and oxygen atoms in total. The number of rotatable bonds is 4. The summed E-state index contributed by atoms with van der Waals surface area (Å²) < 4.78 is 43.7. The number of benzene rings is 1. The van der Waals surface area contributed by atoms with E-state index in [9.17, 15) is 27.6 Å². The highest BCUT2D eigenvalue weighted by atomic mass is 35.5. The second kappa shape index (κ2) is 10.3. The molecule has 0 spiro atoms. The summed E-state index contributed by atoms with van der Waals surface area (Å²) in [6, 6.07) is 5.59. The summed E-state index contributed by atoms with van der Waals surface area (Å²) in [5.41, 5.74) is 0.990. The molecule has 0 unspecified atom stereocenters. The summed E-state index contributed by atoms with van der Waals surface area (Å²) in [7, 11) is 0. The van der Waals surface area contributed by atoms with Gasteiger partial charge in [0.1, 0.15) is 5.69 Å². The maximum absolute atomic E-state index is 13.9. The van der Waals surface area contributed by atoms with E-state index in [1.807, 2.05) is 33.8 Å². The lowest BCUT2D eigenvalue weighted by atomic mass is 9.96. The third-order valence-electron chi connectivity index (χ3n) is 8.04. The topological polar surface area (TPSA) is 80.4 Å². The fourth-order valence-electron chi connectivity index (χ4n) is 5.71. The predicted molar refractivity (Wildman–Crippen MR) is 147 cm³/mol. The Balaban J connectivity index is 1.47. The van der Waals surface area contributed by atoms with Crippen LogP contribution in [0.15, 0.2) is 41.3 Å². The van der Waals surface area contributed by atoms with E-state index < -0.39 is 28.7 Å². The number of alkyl halides is 3. The molecule has 2 aliphatic heterocycles. The molecule has 4 heterocycles. The van der Waals surface area contributed by atoms with Crippen LogP contribution in [0, 0.1) is 0 Å². The van der Waals surface area contributed by atoms with Crippen LogP contribution in [0.3, 0.4) is 0 Å². The third kappa shape index (κ3) is 5.05. The van der Waals surface area contributed by atoms with Crippen molar-refractivity contribution in [3.8, 4) is 0 Å². The smallest absolute Gasteiger partial charge is 0.331 e. The van der Waals surface area contributed by atoms with Crippen LogP contribution in [0.25, 0.3) is 0 Å².